The number of halogens is 1. The number of aliphatic hydroxyl groups is 1. The zero-order valence-corrected chi connectivity index (χ0v) is 11.2. The Kier molecular flexibility index (Phi) is 3.50. The zero-order chi connectivity index (χ0) is 13.3. The highest BCUT2D eigenvalue weighted by atomic mass is 35.5. The van der Waals surface area contributed by atoms with Gasteiger partial charge in [-0.05, 0) is 37.5 Å². The lowest BCUT2D eigenvalue weighted by molar-refractivity contribution is -0.122. The van der Waals surface area contributed by atoms with Crippen LogP contribution in [0.25, 0.3) is 0 Å². The number of rotatable bonds is 4. The molecule has 0 spiro atoms. The quantitative estimate of drug-likeness (QED) is 0.882. The monoisotopic (exact) mass is 269 g/mol. The average molecular weight is 270 g/mol. The molecule has 5 heteroatoms. The van der Waals surface area contributed by atoms with Crippen molar-refractivity contribution in [1.82, 2.24) is 0 Å². The van der Waals surface area contributed by atoms with Crippen LogP contribution < -0.4 is 10.1 Å². The van der Waals surface area contributed by atoms with Gasteiger partial charge in [-0.2, -0.15) is 0 Å². The van der Waals surface area contributed by atoms with E-state index in [1.165, 1.54) is 7.11 Å². The largest absolute Gasteiger partial charge is 0.495 e. The molecule has 0 bridgehead atoms. The van der Waals surface area contributed by atoms with Crippen molar-refractivity contribution in [3.63, 3.8) is 0 Å². The molecule has 1 aliphatic rings. The van der Waals surface area contributed by atoms with E-state index in [9.17, 15) is 9.90 Å². The van der Waals surface area contributed by atoms with Crippen LogP contribution in [-0.2, 0) is 4.79 Å². The Morgan fingerprint density at radius 3 is 2.72 bits per heavy atom. The molecule has 4 nitrogen and oxygen atoms in total. The minimum Gasteiger partial charge on any atom is -0.495 e. The molecule has 1 aromatic rings. The first-order chi connectivity index (χ1) is 8.52. The summed E-state index contributed by atoms with van der Waals surface area (Å²) in [5.41, 5.74) is 0.815. The van der Waals surface area contributed by atoms with Crippen molar-refractivity contribution >= 4 is 23.2 Å². The number of benzene rings is 1. The van der Waals surface area contributed by atoms with Crippen molar-refractivity contribution in [1.29, 1.82) is 0 Å². The number of carbonyl (C=O) groups is 1. The van der Waals surface area contributed by atoms with Gasteiger partial charge < -0.3 is 15.2 Å². The van der Waals surface area contributed by atoms with E-state index in [-0.39, 0.29) is 12.5 Å². The summed E-state index contributed by atoms with van der Waals surface area (Å²) in [6, 6.07) is 3.44. The van der Waals surface area contributed by atoms with Gasteiger partial charge >= 0.3 is 0 Å². The Morgan fingerprint density at radius 1 is 1.56 bits per heavy atom. The number of hydrogen-bond donors (Lipinski definition) is 2. The summed E-state index contributed by atoms with van der Waals surface area (Å²) in [6.45, 7) is 1.74. The Bertz CT molecular complexity index is 483. The van der Waals surface area contributed by atoms with Crippen LogP contribution in [0.15, 0.2) is 12.1 Å². The smallest absolute Gasteiger partial charge is 0.233 e. The minimum absolute atomic E-state index is 0.124. The summed E-state index contributed by atoms with van der Waals surface area (Å²) in [4.78, 5) is 12.0. The van der Waals surface area contributed by atoms with Crippen molar-refractivity contribution in [2.75, 3.05) is 19.0 Å². The lowest BCUT2D eigenvalue weighted by Crippen LogP contribution is -2.27. The number of aliphatic hydroxyl groups excluding tert-OH is 1. The zero-order valence-electron chi connectivity index (χ0n) is 10.4. The number of amides is 1. The summed E-state index contributed by atoms with van der Waals surface area (Å²) >= 11 is 6.03. The van der Waals surface area contributed by atoms with Crippen LogP contribution in [0.3, 0.4) is 0 Å². The van der Waals surface area contributed by atoms with Crippen LogP contribution in [0, 0.1) is 12.3 Å². The number of nitrogens with one attached hydrogen (secondary N) is 1. The molecule has 1 aliphatic carbocycles. The van der Waals surface area contributed by atoms with Gasteiger partial charge in [-0.3, -0.25) is 4.79 Å². The predicted molar refractivity (Wildman–Crippen MR) is 70.1 cm³/mol. The maximum Gasteiger partial charge on any atom is 0.233 e. The lowest BCUT2D eigenvalue weighted by atomic mass is 10.1. The predicted octanol–water partition coefficient (Wildman–Crippen LogP) is 2.37. The summed E-state index contributed by atoms with van der Waals surface area (Å²) in [6.07, 6.45) is 1.44. The summed E-state index contributed by atoms with van der Waals surface area (Å²) in [5, 5.41) is 12.6. The minimum atomic E-state index is -0.609. The van der Waals surface area contributed by atoms with E-state index in [4.69, 9.17) is 16.3 Å². The fraction of sp³-hybridized carbons (Fsp3) is 0.462. The molecular formula is C13H16ClNO3. The molecule has 18 heavy (non-hydrogen) atoms. The molecule has 0 aromatic heterocycles. The van der Waals surface area contributed by atoms with Crippen LogP contribution >= 0.6 is 11.6 Å². The molecule has 0 radical (unpaired) electrons. The van der Waals surface area contributed by atoms with Gasteiger partial charge in [0.25, 0.3) is 0 Å². The van der Waals surface area contributed by atoms with Gasteiger partial charge in [0.15, 0.2) is 0 Å². The van der Waals surface area contributed by atoms with E-state index in [0.29, 0.717) is 16.5 Å². The van der Waals surface area contributed by atoms with E-state index in [0.717, 1.165) is 18.4 Å². The molecule has 2 rings (SSSR count). The Morgan fingerprint density at radius 2 is 2.22 bits per heavy atom. The van der Waals surface area contributed by atoms with Crippen molar-refractivity contribution in [3.8, 4) is 5.75 Å². The summed E-state index contributed by atoms with van der Waals surface area (Å²) in [7, 11) is 1.54. The van der Waals surface area contributed by atoms with Crippen LogP contribution in [0.5, 0.6) is 5.75 Å². The number of hydrogen-bond acceptors (Lipinski definition) is 3. The van der Waals surface area contributed by atoms with Crippen molar-refractivity contribution in [2.45, 2.75) is 19.8 Å². The van der Waals surface area contributed by atoms with Crippen LogP contribution in [-0.4, -0.2) is 24.7 Å². The molecule has 0 atom stereocenters. The first-order valence-corrected chi connectivity index (χ1v) is 6.17. The van der Waals surface area contributed by atoms with Gasteiger partial charge in [0.1, 0.15) is 5.75 Å². The van der Waals surface area contributed by atoms with Crippen LogP contribution in [0.2, 0.25) is 5.02 Å². The first kappa shape index (κ1) is 13.2. The summed E-state index contributed by atoms with van der Waals surface area (Å²) in [5.74, 6) is 0.391. The fourth-order valence-electron chi connectivity index (χ4n) is 1.78. The van der Waals surface area contributed by atoms with Gasteiger partial charge in [-0.25, -0.2) is 0 Å². The molecule has 0 heterocycles. The molecule has 0 unspecified atom stereocenters. The highest BCUT2D eigenvalue weighted by molar-refractivity contribution is 6.31. The normalized spacial score (nSPS) is 16.2. The Labute approximate surface area is 111 Å². The van der Waals surface area contributed by atoms with E-state index in [1.807, 2.05) is 6.92 Å². The van der Waals surface area contributed by atoms with E-state index < -0.39 is 5.41 Å². The molecule has 0 saturated heterocycles. The van der Waals surface area contributed by atoms with Crippen molar-refractivity contribution in [3.05, 3.63) is 22.7 Å². The number of anilines is 1. The molecular weight excluding hydrogens is 254 g/mol. The van der Waals surface area contributed by atoms with Gasteiger partial charge in [-0.1, -0.05) is 11.6 Å². The Balaban J connectivity index is 2.23. The second-order valence-electron chi connectivity index (χ2n) is 4.69. The highest BCUT2D eigenvalue weighted by Crippen LogP contribution is 2.46. The number of aryl methyl sites for hydroxylation is 1. The molecule has 1 amide bonds. The van der Waals surface area contributed by atoms with Crippen LogP contribution in [0.1, 0.15) is 18.4 Å². The number of ether oxygens (including phenoxy) is 1. The maximum absolute atomic E-state index is 12.0. The standard InChI is InChI=1S/C13H16ClNO3/c1-8-5-11(18-2)10(6-9(8)14)15-12(17)13(7-16)3-4-13/h5-6,16H,3-4,7H2,1-2H3,(H,15,17). The first-order valence-electron chi connectivity index (χ1n) is 5.79. The van der Waals surface area contributed by atoms with Crippen molar-refractivity contribution in [2.24, 2.45) is 5.41 Å². The average Bonchev–Trinajstić information content (AvgIpc) is 3.14. The van der Waals surface area contributed by atoms with Crippen LogP contribution in [0.4, 0.5) is 5.69 Å². The third-order valence-electron chi connectivity index (χ3n) is 3.37. The third kappa shape index (κ3) is 2.31. The van der Waals surface area contributed by atoms with Crippen molar-refractivity contribution < 1.29 is 14.6 Å². The van der Waals surface area contributed by atoms with Gasteiger partial charge in [0.2, 0.25) is 5.91 Å². The topological polar surface area (TPSA) is 58.6 Å². The summed E-state index contributed by atoms with van der Waals surface area (Å²) < 4.78 is 5.21. The third-order valence-corrected chi connectivity index (χ3v) is 3.77. The molecule has 1 fully saturated rings. The second-order valence-corrected chi connectivity index (χ2v) is 5.10. The molecule has 2 N–H and O–H groups in total. The molecule has 98 valence electrons. The van der Waals surface area contributed by atoms with E-state index in [1.54, 1.807) is 12.1 Å². The molecule has 0 aliphatic heterocycles. The van der Waals surface area contributed by atoms with Gasteiger partial charge in [0, 0.05) is 5.02 Å². The van der Waals surface area contributed by atoms with Gasteiger partial charge in [-0.15, -0.1) is 0 Å². The number of carbonyl (C=O) groups excluding carboxylic acids is 1. The molecule has 1 aromatic carbocycles. The lowest BCUT2D eigenvalue weighted by Gasteiger charge is -2.15. The molecule has 1 saturated carbocycles. The van der Waals surface area contributed by atoms with Gasteiger partial charge in [0.05, 0.1) is 24.8 Å². The van der Waals surface area contributed by atoms with E-state index >= 15 is 0 Å². The maximum atomic E-state index is 12.0. The Hall–Kier alpha value is -1.26. The van der Waals surface area contributed by atoms with E-state index in [2.05, 4.69) is 5.32 Å². The SMILES string of the molecule is COc1cc(C)c(Cl)cc1NC(=O)C1(CO)CC1. The number of methoxy groups -OCH3 is 1. The fourth-order valence-corrected chi connectivity index (χ4v) is 1.95. The highest BCUT2D eigenvalue weighted by Gasteiger charge is 2.49. The second kappa shape index (κ2) is 4.78.